The van der Waals surface area contributed by atoms with E-state index in [1.807, 2.05) is 0 Å². The lowest BCUT2D eigenvalue weighted by Gasteiger charge is -2.51. The summed E-state index contributed by atoms with van der Waals surface area (Å²) in [4.78, 5) is 2.68. The summed E-state index contributed by atoms with van der Waals surface area (Å²) in [5.74, 6) is 0.752. The van der Waals surface area contributed by atoms with Crippen LogP contribution in [0.1, 0.15) is 36.9 Å². The van der Waals surface area contributed by atoms with Crippen LogP contribution in [-0.2, 0) is 15.9 Å². The Morgan fingerprint density at radius 1 is 1.21 bits per heavy atom. The molecule has 0 amide bonds. The molecule has 1 aromatic rings. The Labute approximate surface area is 145 Å². The largest absolute Gasteiger partial charge is 0.376 e. The quantitative estimate of drug-likeness (QED) is 0.919. The highest BCUT2D eigenvalue weighted by atomic mass is 16.6. The van der Waals surface area contributed by atoms with Gasteiger partial charge in [0.2, 0.25) is 0 Å². The lowest BCUT2D eigenvalue weighted by molar-refractivity contribution is -0.212. The molecule has 0 aromatic heterocycles. The van der Waals surface area contributed by atoms with Gasteiger partial charge in [-0.3, -0.25) is 4.90 Å². The van der Waals surface area contributed by atoms with Crippen LogP contribution in [0.2, 0.25) is 0 Å². The van der Waals surface area contributed by atoms with Crippen molar-refractivity contribution >= 4 is 0 Å². The molecule has 0 bridgehead atoms. The van der Waals surface area contributed by atoms with Gasteiger partial charge in [-0.2, -0.15) is 0 Å². The maximum absolute atomic E-state index is 6.00. The lowest BCUT2D eigenvalue weighted by Crippen LogP contribution is -2.57. The third-order valence-corrected chi connectivity index (χ3v) is 5.94. The predicted molar refractivity (Wildman–Crippen MR) is 95.2 cm³/mol. The van der Waals surface area contributed by atoms with Gasteiger partial charge >= 0.3 is 0 Å². The molecule has 4 nitrogen and oxygen atoms in total. The normalized spacial score (nSPS) is 34.2. The SMILES string of the molecule is CCc1ccc(C2CNCCN2CC2CC3(COCCO3)C2)cc1. The zero-order valence-corrected chi connectivity index (χ0v) is 14.8. The molecule has 4 rings (SSSR count). The standard InChI is InChI=1S/C20H30N2O2/c1-2-16-3-5-18(6-4-16)19-13-21-7-8-22(19)14-17-11-20(12-17)15-23-9-10-24-20/h3-6,17,19,21H,2,7-15H2,1H3. The molecule has 1 atom stereocenters. The number of benzene rings is 1. The molecule has 0 radical (unpaired) electrons. The maximum Gasteiger partial charge on any atom is 0.0922 e. The van der Waals surface area contributed by atoms with Crippen molar-refractivity contribution < 1.29 is 9.47 Å². The number of hydrogen-bond acceptors (Lipinski definition) is 4. The van der Waals surface area contributed by atoms with E-state index in [1.165, 1.54) is 30.5 Å². The third kappa shape index (κ3) is 3.38. The zero-order valence-electron chi connectivity index (χ0n) is 14.8. The molecule has 2 heterocycles. The lowest BCUT2D eigenvalue weighted by atomic mass is 9.70. The molecule has 1 unspecified atom stereocenters. The number of rotatable bonds is 4. The molecule has 3 aliphatic rings. The molecule has 2 saturated heterocycles. The van der Waals surface area contributed by atoms with Crippen molar-refractivity contribution in [3.63, 3.8) is 0 Å². The number of nitrogens with one attached hydrogen (secondary N) is 1. The smallest absolute Gasteiger partial charge is 0.0922 e. The van der Waals surface area contributed by atoms with Gasteiger partial charge < -0.3 is 14.8 Å². The first kappa shape index (κ1) is 16.5. The molecule has 1 saturated carbocycles. The predicted octanol–water partition coefficient (Wildman–Crippen LogP) is 2.39. The average Bonchev–Trinajstić information content (AvgIpc) is 2.62. The van der Waals surface area contributed by atoms with Crippen molar-refractivity contribution in [2.45, 2.75) is 37.8 Å². The monoisotopic (exact) mass is 330 g/mol. The summed E-state index contributed by atoms with van der Waals surface area (Å²) in [6.45, 7) is 9.03. The molecular weight excluding hydrogens is 300 g/mol. The van der Waals surface area contributed by atoms with Gasteiger partial charge in [-0.05, 0) is 36.3 Å². The van der Waals surface area contributed by atoms with Crippen LogP contribution in [0, 0.1) is 5.92 Å². The molecule has 2 aliphatic heterocycles. The fourth-order valence-electron chi connectivity index (χ4n) is 4.57. The number of ether oxygens (including phenoxy) is 2. The molecule has 1 spiro atoms. The summed E-state index contributed by atoms with van der Waals surface area (Å²) >= 11 is 0. The van der Waals surface area contributed by atoms with Crippen molar-refractivity contribution in [2.24, 2.45) is 5.92 Å². The van der Waals surface area contributed by atoms with E-state index in [-0.39, 0.29) is 5.60 Å². The average molecular weight is 330 g/mol. The molecular formula is C20H30N2O2. The number of piperazine rings is 1. The van der Waals surface area contributed by atoms with E-state index < -0.39 is 0 Å². The number of aryl methyl sites for hydroxylation is 1. The van der Waals surface area contributed by atoms with Crippen molar-refractivity contribution in [1.29, 1.82) is 0 Å². The minimum atomic E-state index is 0.0508. The van der Waals surface area contributed by atoms with Crippen molar-refractivity contribution in [3.05, 3.63) is 35.4 Å². The Hall–Kier alpha value is -0.940. The van der Waals surface area contributed by atoms with Crippen LogP contribution in [-0.4, -0.2) is 56.5 Å². The molecule has 1 aliphatic carbocycles. The van der Waals surface area contributed by atoms with E-state index >= 15 is 0 Å². The van der Waals surface area contributed by atoms with Gasteiger partial charge in [0.15, 0.2) is 0 Å². The summed E-state index contributed by atoms with van der Waals surface area (Å²) < 4.78 is 11.6. The van der Waals surface area contributed by atoms with Crippen LogP contribution in [0.15, 0.2) is 24.3 Å². The zero-order chi connectivity index (χ0) is 16.4. The highest BCUT2D eigenvalue weighted by Crippen LogP contribution is 2.43. The maximum atomic E-state index is 6.00. The highest BCUT2D eigenvalue weighted by molar-refractivity contribution is 5.26. The molecule has 4 heteroatoms. The first-order valence-corrected chi connectivity index (χ1v) is 9.53. The topological polar surface area (TPSA) is 33.7 Å². The van der Waals surface area contributed by atoms with Gasteiger partial charge in [-0.15, -0.1) is 0 Å². The van der Waals surface area contributed by atoms with E-state index in [2.05, 4.69) is 41.4 Å². The van der Waals surface area contributed by atoms with E-state index in [4.69, 9.17) is 9.47 Å². The second-order valence-electron chi connectivity index (χ2n) is 7.67. The third-order valence-electron chi connectivity index (χ3n) is 5.94. The number of hydrogen-bond donors (Lipinski definition) is 1. The molecule has 1 N–H and O–H groups in total. The second kappa shape index (κ2) is 7.12. The molecule has 3 fully saturated rings. The number of nitrogens with zero attached hydrogens (tertiary/aromatic N) is 1. The minimum Gasteiger partial charge on any atom is -0.376 e. The first-order chi connectivity index (χ1) is 11.8. The highest BCUT2D eigenvalue weighted by Gasteiger charge is 2.47. The summed E-state index contributed by atoms with van der Waals surface area (Å²) in [5, 5.41) is 3.57. The van der Waals surface area contributed by atoms with E-state index in [0.29, 0.717) is 6.04 Å². The van der Waals surface area contributed by atoms with Crippen LogP contribution in [0.4, 0.5) is 0 Å². The van der Waals surface area contributed by atoms with Crippen molar-refractivity contribution in [2.75, 3.05) is 46.0 Å². The van der Waals surface area contributed by atoms with Crippen LogP contribution >= 0.6 is 0 Å². The van der Waals surface area contributed by atoms with E-state index in [1.54, 1.807) is 0 Å². The van der Waals surface area contributed by atoms with Crippen LogP contribution < -0.4 is 5.32 Å². The van der Waals surface area contributed by atoms with Crippen molar-refractivity contribution in [1.82, 2.24) is 10.2 Å². The summed E-state index contributed by atoms with van der Waals surface area (Å²) in [5.41, 5.74) is 2.92. The second-order valence-corrected chi connectivity index (χ2v) is 7.67. The van der Waals surface area contributed by atoms with Crippen LogP contribution in [0.25, 0.3) is 0 Å². The molecule has 1 aromatic carbocycles. The molecule has 24 heavy (non-hydrogen) atoms. The van der Waals surface area contributed by atoms with Gasteiger partial charge in [-0.1, -0.05) is 31.2 Å². The van der Waals surface area contributed by atoms with Gasteiger partial charge in [0, 0.05) is 32.2 Å². The van der Waals surface area contributed by atoms with Crippen LogP contribution in [0.5, 0.6) is 0 Å². The Morgan fingerprint density at radius 3 is 2.75 bits per heavy atom. The van der Waals surface area contributed by atoms with Gasteiger partial charge in [0.25, 0.3) is 0 Å². The summed E-state index contributed by atoms with van der Waals surface area (Å²) in [7, 11) is 0. The fourth-order valence-corrected chi connectivity index (χ4v) is 4.57. The van der Waals surface area contributed by atoms with Gasteiger partial charge in [0.1, 0.15) is 0 Å². The Balaban J connectivity index is 1.37. The Kier molecular flexibility index (Phi) is 4.90. The minimum absolute atomic E-state index is 0.0508. The van der Waals surface area contributed by atoms with Gasteiger partial charge in [-0.25, -0.2) is 0 Å². The van der Waals surface area contributed by atoms with E-state index in [9.17, 15) is 0 Å². The Morgan fingerprint density at radius 2 is 2.04 bits per heavy atom. The van der Waals surface area contributed by atoms with E-state index in [0.717, 1.165) is 51.8 Å². The van der Waals surface area contributed by atoms with Gasteiger partial charge in [0.05, 0.1) is 25.4 Å². The van der Waals surface area contributed by atoms with Crippen LogP contribution in [0.3, 0.4) is 0 Å². The van der Waals surface area contributed by atoms with Crippen molar-refractivity contribution in [3.8, 4) is 0 Å². The first-order valence-electron chi connectivity index (χ1n) is 9.53. The molecule has 132 valence electrons. The fraction of sp³-hybridized carbons (Fsp3) is 0.700. The summed E-state index contributed by atoms with van der Waals surface area (Å²) in [6.07, 6.45) is 3.44. The Bertz CT molecular complexity index is 531. The summed E-state index contributed by atoms with van der Waals surface area (Å²) in [6, 6.07) is 9.72.